The van der Waals surface area contributed by atoms with Gasteiger partial charge in [0.2, 0.25) is 0 Å². The molecular formula is C34H44Cl2HfSi-2. The predicted molar refractivity (Wildman–Crippen MR) is 170 cm³/mol. The van der Waals surface area contributed by atoms with E-state index in [1.807, 2.05) is 12.1 Å². The molecule has 0 nitrogen and oxygen atoms in total. The fourth-order valence-electron chi connectivity index (χ4n) is 4.82. The Hall–Kier alpha value is -1.19. The molecule has 0 saturated carbocycles. The Kier molecular flexibility index (Phi) is 12.5. The summed E-state index contributed by atoms with van der Waals surface area (Å²) in [7, 11) is 12.7. The van der Waals surface area contributed by atoms with Crippen molar-refractivity contribution in [3.63, 3.8) is 0 Å². The van der Waals surface area contributed by atoms with Gasteiger partial charge in [-0.05, 0) is 0 Å². The number of halogens is 2. The molecule has 0 aliphatic rings. The number of benzene rings is 2. The summed E-state index contributed by atoms with van der Waals surface area (Å²) in [5.41, 5.74) is 8.31. The van der Waals surface area contributed by atoms with E-state index in [2.05, 4.69) is 142 Å². The van der Waals surface area contributed by atoms with Gasteiger partial charge in [0.05, 0.1) is 0 Å². The van der Waals surface area contributed by atoms with Crippen molar-refractivity contribution in [2.45, 2.75) is 80.1 Å². The average Bonchev–Trinajstić information content (AvgIpc) is 3.35. The summed E-state index contributed by atoms with van der Waals surface area (Å²) < 4.78 is 0. The molecule has 0 bridgehead atoms. The molecule has 4 aromatic rings. The Bertz CT molecular complexity index is 1210. The van der Waals surface area contributed by atoms with E-state index in [9.17, 15) is 0 Å². The standard InChI is InChI=1S/C12H10Si.2C11H17.2ClH.Hf/c1-3-7-11(8-4-1)13-12-9-5-2-6-10-12;2*1-8-6-9(2)10(7-8)11(3,4)5;;;/h1-10H;2*6-7H,1-5H3;2*1H;/q;2*-1;;;+2/p-2. The van der Waals surface area contributed by atoms with Gasteiger partial charge in [0.1, 0.15) is 0 Å². The molecule has 0 saturated heterocycles. The van der Waals surface area contributed by atoms with E-state index in [1.54, 1.807) is 0 Å². The zero-order valence-corrected chi connectivity index (χ0v) is 30.9. The van der Waals surface area contributed by atoms with Gasteiger partial charge in [0, 0.05) is 0 Å². The molecule has 0 aliphatic carbocycles. The van der Waals surface area contributed by atoms with Crippen LogP contribution in [0.3, 0.4) is 0 Å². The van der Waals surface area contributed by atoms with Gasteiger partial charge >= 0.3 is 111 Å². The summed E-state index contributed by atoms with van der Waals surface area (Å²) in [6.07, 6.45) is 0. The molecule has 4 aromatic carbocycles. The average molecular weight is 730 g/mol. The van der Waals surface area contributed by atoms with Gasteiger partial charge in [-0.15, -0.1) is 0 Å². The van der Waals surface area contributed by atoms with E-state index in [4.69, 9.17) is 17.2 Å². The van der Waals surface area contributed by atoms with Crippen LogP contribution in [0.5, 0.6) is 0 Å². The second kappa shape index (κ2) is 14.4. The first kappa shape index (κ1) is 33.0. The number of rotatable bonds is 2. The molecule has 0 N–H and O–H groups in total. The van der Waals surface area contributed by atoms with Crippen LogP contribution in [0.15, 0.2) is 84.9 Å². The molecule has 4 heteroatoms. The van der Waals surface area contributed by atoms with Crippen molar-refractivity contribution in [1.29, 1.82) is 0 Å². The number of aryl methyl sites for hydroxylation is 4. The molecular weight excluding hydrogens is 686 g/mol. The maximum absolute atomic E-state index is 6.34. The maximum atomic E-state index is 6.34. The Balaban J connectivity index is 0.000000206. The molecule has 0 atom stereocenters. The van der Waals surface area contributed by atoms with Gasteiger partial charge in [0.15, 0.2) is 0 Å². The van der Waals surface area contributed by atoms with E-state index >= 15 is 0 Å². The van der Waals surface area contributed by atoms with E-state index in [-0.39, 0.29) is 0 Å². The molecule has 0 aliphatic heterocycles. The quantitative estimate of drug-likeness (QED) is 0.143. The van der Waals surface area contributed by atoms with Crippen LogP contribution in [0, 0.1) is 27.7 Å². The zero-order chi connectivity index (χ0) is 28.7. The van der Waals surface area contributed by atoms with Gasteiger partial charge in [-0.2, -0.15) is 45.5 Å². The van der Waals surface area contributed by atoms with E-state index < -0.39 is 23.2 Å². The first-order valence-corrected chi connectivity index (χ1v) is 29.1. The minimum absolute atomic E-state index is 0.304. The van der Waals surface area contributed by atoms with Crippen molar-refractivity contribution >= 4 is 33.0 Å². The van der Waals surface area contributed by atoms with E-state index in [1.165, 1.54) is 43.8 Å². The normalized spacial score (nSPS) is 11.2. The third-order valence-electron chi connectivity index (χ3n) is 6.41. The van der Waals surface area contributed by atoms with Crippen LogP contribution in [-0.2, 0) is 28.5 Å². The fraction of sp³-hybridized carbons (Fsp3) is 0.353. The predicted octanol–water partition coefficient (Wildman–Crippen LogP) is 9.36. The topological polar surface area (TPSA) is 0 Å². The van der Waals surface area contributed by atoms with Gasteiger partial charge in [-0.1, -0.05) is 80.1 Å². The minimum atomic E-state index is -2.41. The van der Waals surface area contributed by atoms with Gasteiger partial charge < -0.3 is 0 Å². The van der Waals surface area contributed by atoms with Crippen molar-refractivity contribution in [3.05, 3.63) is 118 Å². The molecule has 0 aromatic heterocycles. The van der Waals surface area contributed by atoms with E-state index in [0.717, 1.165) is 0 Å². The van der Waals surface area contributed by atoms with Crippen LogP contribution in [0.2, 0.25) is 0 Å². The Morgan fingerprint density at radius 3 is 1.08 bits per heavy atom. The van der Waals surface area contributed by atoms with Crippen LogP contribution in [0.25, 0.3) is 0 Å². The molecule has 0 unspecified atom stereocenters. The second-order valence-electron chi connectivity index (χ2n) is 12.1. The molecule has 0 heterocycles. The summed E-state index contributed by atoms with van der Waals surface area (Å²) in [4.78, 5) is 0. The van der Waals surface area contributed by atoms with Crippen molar-refractivity contribution in [2.75, 3.05) is 0 Å². The van der Waals surface area contributed by atoms with Gasteiger partial charge in [-0.25, -0.2) is 12.1 Å². The Morgan fingerprint density at radius 1 is 0.579 bits per heavy atom. The SMILES string of the molecule is Cc1cc(C(C)(C)C)c(C)[cH-]1.Cc1cc(C(C)(C)C)c(C)[cH-]1.[Cl][Hf]([Cl])=[Si](c1ccccc1)c1ccccc1. The van der Waals surface area contributed by atoms with Gasteiger partial charge in [0.25, 0.3) is 0 Å². The summed E-state index contributed by atoms with van der Waals surface area (Å²) in [5.74, 6) is 0. The molecule has 0 amide bonds. The van der Waals surface area contributed by atoms with Crippen molar-refractivity contribution < 1.29 is 17.7 Å². The van der Waals surface area contributed by atoms with Crippen LogP contribution < -0.4 is 10.4 Å². The molecule has 0 spiro atoms. The molecule has 204 valence electrons. The monoisotopic (exact) mass is 730 g/mol. The number of hydrogen-bond donors (Lipinski definition) is 0. The van der Waals surface area contributed by atoms with Crippen molar-refractivity contribution in [3.8, 4) is 0 Å². The molecule has 0 radical (unpaired) electrons. The second-order valence-corrected chi connectivity index (χ2v) is 38.3. The number of hydrogen-bond acceptors (Lipinski definition) is 0. The summed E-state index contributed by atoms with van der Waals surface area (Å²) in [6, 6.07) is 30.0. The third-order valence-corrected chi connectivity index (χ3v) is 28.2. The first-order valence-electron chi connectivity index (χ1n) is 13.3. The molecule has 0 fully saturated rings. The van der Waals surface area contributed by atoms with Crippen LogP contribution >= 0.6 is 17.2 Å². The summed E-state index contributed by atoms with van der Waals surface area (Å²) in [6.45, 7) is 22.2. The van der Waals surface area contributed by atoms with Crippen molar-refractivity contribution in [2.24, 2.45) is 0 Å². The van der Waals surface area contributed by atoms with Crippen molar-refractivity contribution in [1.82, 2.24) is 0 Å². The summed E-state index contributed by atoms with van der Waals surface area (Å²) >= 11 is -2.41. The van der Waals surface area contributed by atoms with Gasteiger partial charge in [-0.3, -0.25) is 0 Å². The first-order chi connectivity index (χ1) is 17.6. The third kappa shape index (κ3) is 10.1. The van der Waals surface area contributed by atoms with Crippen LogP contribution in [0.4, 0.5) is 0 Å². The zero-order valence-electron chi connectivity index (χ0n) is 24.8. The molecule has 38 heavy (non-hydrogen) atoms. The Labute approximate surface area is 247 Å². The van der Waals surface area contributed by atoms with E-state index in [0.29, 0.717) is 10.8 Å². The molecule has 4 rings (SSSR count). The fourth-order valence-corrected chi connectivity index (χ4v) is 25.7. The van der Waals surface area contributed by atoms with Crippen LogP contribution in [-0.4, -0.2) is 5.49 Å². The summed E-state index contributed by atoms with van der Waals surface area (Å²) in [5, 5.41) is 2.68. The Morgan fingerprint density at radius 2 is 0.895 bits per heavy atom. The van der Waals surface area contributed by atoms with Crippen LogP contribution in [0.1, 0.15) is 74.9 Å².